The molecule has 0 aromatic heterocycles. The van der Waals surface area contributed by atoms with Gasteiger partial charge in [-0.05, 0) is 26.7 Å². The lowest BCUT2D eigenvalue weighted by Gasteiger charge is -2.27. The van der Waals surface area contributed by atoms with E-state index in [1.54, 1.807) is 13.8 Å². The first kappa shape index (κ1) is 14.9. The second-order valence-electron chi connectivity index (χ2n) is 4.27. The van der Waals surface area contributed by atoms with Crippen molar-refractivity contribution in [2.45, 2.75) is 45.6 Å². The molecule has 0 aromatic carbocycles. The first-order chi connectivity index (χ1) is 6.96. The second kappa shape index (κ2) is 7.23. The van der Waals surface area contributed by atoms with Gasteiger partial charge in [-0.3, -0.25) is 4.79 Å². The van der Waals surface area contributed by atoms with Gasteiger partial charge in [0.2, 0.25) is 0 Å². The van der Waals surface area contributed by atoms with Gasteiger partial charge < -0.3 is 9.84 Å². The van der Waals surface area contributed by atoms with Crippen LogP contribution in [-0.2, 0) is 9.53 Å². The highest BCUT2D eigenvalue weighted by Gasteiger charge is 2.36. The van der Waals surface area contributed by atoms with Crippen LogP contribution in [0.15, 0.2) is 0 Å². The van der Waals surface area contributed by atoms with Crippen LogP contribution in [0.5, 0.6) is 0 Å². The fraction of sp³-hybridized carbons (Fsp3) is 0.909. The number of ether oxygens (including phenoxy) is 1. The first-order valence-corrected chi connectivity index (χ1v) is 6.41. The molecule has 0 bridgehead atoms. The Hall–Kier alpha value is -0.0900. The number of halogens is 1. The smallest absolute Gasteiger partial charge is 0.313 e. The molecular weight excluding hydrogens is 260 g/mol. The fourth-order valence-corrected chi connectivity index (χ4v) is 1.77. The van der Waals surface area contributed by atoms with Crippen LogP contribution in [0.1, 0.15) is 39.5 Å². The number of aliphatic hydroxyl groups excluding tert-OH is 1. The molecule has 0 radical (unpaired) electrons. The number of hydrogen-bond donors (Lipinski definition) is 1. The van der Waals surface area contributed by atoms with Gasteiger partial charge in [-0.1, -0.05) is 28.8 Å². The Balaban J connectivity index is 3.96. The van der Waals surface area contributed by atoms with Gasteiger partial charge in [0.15, 0.2) is 0 Å². The third-order valence-corrected chi connectivity index (χ3v) is 3.22. The van der Waals surface area contributed by atoms with Gasteiger partial charge in [0.1, 0.15) is 0 Å². The molecule has 0 spiro atoms. The van der Waals surface area contributed by atoms with Crippen LogP contribution < -0.4 is 0 Å². The molecule has 4 heteroatoms. The van der Waals surface area contributed by atoms with E-state index >= 15 is 0 Å². The lowest BCUT2D eigenvalue weighted by Crippen LogP contribution is -2.38. The third kappa shape index (κ3) is 4.98. The van der Waals surface area contributed by atoms with Crippen molar-refractivity contribution in [1.82, 2.24) is 0 Å². The average Bonchev–Trinajstić information content (AvgIpc) is 2.22. The molecule has 0 heterocycles. The van der Waals surface area contributed by atoms with E-state index in [1.807, 2.05) is 0 Å². The lowest BCUT2D eigenvalue weighted by atomic mass is 9.84. The Kier molecular flexibility index (Phi) is 7.18. The molecule has 0 amide bonds. The predicted molar refractivity (Wildman–Crippen MR) is 64.1 cm³/mol. The summed E-state index contributed by atoms with van der Waals surface area (Å²) < 4.78 is 4.66. The average molecular weight is 281 g/mol. The Labute approximate surface area is 100 Å². The van der Waals surface area contributed by atoms with Crippen molar-refractivity contribution in [3.8, 4) is 0 Å². The molecule has 0 fully saturated rings. The summed E-state index contributed by atoms with van der Waals surface area (Å²) in [7, 11) is 1.35. The van der Waals surface area contributed by atoms with Crippen molar-refractivity contribution in [2.75, 3.05) is 12.4 Å². The van der Waals surface area contributed by atoms with Crippen molar-refractivity contribution in [3.63, 3.8) is 0 Å². The maximum absolute atomic E-state index is 11.4. The Morgan fingerprint density at radius 3 is 2.47 bits per heavy atom. The topological polar surface area (TPSA) is 46.5 Å². The van der Waals surface area contributed by atoms with E-state index in [1.165, 1.54) is 7.11 Å². The van der Waals surface area contributed by atoms with E-state index in [4.69, 9.17) is 0 Å². The SMILES string of the molecule is COC(=O)C(C)(C)C(O)CCCCCBr. The number of alkyl halides is 1. The van der Waals surface area contributed by atoms with Crippen molar-refractivity contribution in [2.24, 2.45) is 5.41 Å². The van der Waals surface area contributed by atoms with Gasteiger partial charge >= 0.3 is 5.97 Å². The summed E-state index contributed by atoms with van der Waals surface area (Å²) in [5, 5.41) is 10.9. The van der Waals surface area contributed by atoms with Crippen LogP contribution in [0, 0.1) is 5.41 Å². The van der Waals surface area contributed by atoms with E-state index in [9.17, 15) is 9.90 Å². The number of rotatable bonds is 7. The molecule has 0 aromatic rings. The maximum atomic E-state index is 11.4. The van der Waals surface area contributed by atoms with Crippen molar-refractivity contribution < 1.29 is 14.6 Å². The maximum Gasteiger partial charge on any atom is 0.313 e. The molecule has 15 heavy (non-hydrogen) atoms. The van der Waals surface area contributed by atoms with E-state index in [-0.39, 0.29) is 5.97 Å². The Bertz CT molecular complexity index is 192. The number of unbranched alkanes of at least 4 members (excludes halogenated alkanes) is 2. The zero-order valence-corrected chi connectivity index (χ0v) is 11.3. The van der Waals surface area contributed by atoms with Crippen molar-refractivity contribution in [1.29, 1.82) is 0 Å². The zero-order chi connectivity index (χ0) is 11.9. The number of hydrogen-bond acceptors (Lipinski definition) is 3. The molecule has 0 saturated carbocycles. The minimum absolute atomic E-state index is 0.351. The largest absolute Gasteiger partial charge is 0.469 e. The minimum atomic E-state index is -0.802. The second-order valence-corrected chi connectivity index (χ2v) is 5.06. The van der Waals surface area contributed by atoms with E-state index < -0.39 is 11.5 Å². The monoisotopic (exact) mass is 280 g/mol. The molecule has 1 atom stereocenters. The highest BCUT2D eigenvalue weighted by Crippen LogP contribution is 2.26. The molecule has 3 nitrogen and oxygen atoms in total. The Morgan fingerprint density at radius 2 is 2.00 bits per heavy atom. The molecular formula is C11H21BrO3. The number of carbonyl (C=O) groups excluding carboxylic acids is 1. The molecule has 0 aliphatic carbocycles. The van der Waals surface area contributed by atoms with E-state index in [0.29, 0.717) is 6.42 Å². The van der Waals surface area contributed by atoms with Crippen molar-refractivity contribution >= 4 is 21.9 Å². The lowest BCUT2D eigenvalue weighted by molar-refractivity contribution is -0.157. The standard InChI is InChI=1S/C11H21BrO3/c1-11(2,10(14)15-3)9(13)7-5-4-6-8-12/h9,13H,4-8H2,1-3H3. The highest BCUT2D eigenvalue weighted by atomic mass is 79.9. The molecule has 0 aliphatic heterocycles. The number of esters is 1. The van der Waals surface area contributed by atoms with Crippen LogP contribution in [-0.4, -0.2) is 29.6 Å². The summed E-state index contributed by atoms with van der Waals surface area (Å²) in [6, 6.07) is 0. The molecule has 1 unspecified atom stereocenters. The van der Waals surface area contributed by atoms with Crippen LogP contribution in [0.3, 0.4) is 0 Å². The molecule has 1 N–H and O–H groups in total. The van der Waals surface area contributed by atoms with Gasteiger partial charge in [0.25, 0.3) is 0 Å². The normalized spacial score (nSPS) is 13.7. The van der Waals surface area contributed by atoms with Crippen LogP contribution in [0.2, 0.25) is 0 Å². The summed E-state index contributed by atoms with van der Waals surface area (Å²) in [6.45, 7) is 3.43. The number of methoxy groups -OCH3 is 1. The van der Waals surface area contributed by atoms with Gasteiger partial charge in [-0.2, -0.15) is 0 Å². The van der Waals surface area contributed by atoms with Gasteiger partial charge in [-0.25, -0.2) is 0 Å². The van der Waals surface area contributed by atoms with Crippen LogP contribution in [0.4, 0.5) is 0 Å². The van der Waals surface area contributed by atoms with E-state index in [2.05, 4.69) is 20.7 Å². The molecule has 0 saturated heterocycles. The summed E-state index contributed by atoms with van der Waals surface area (Å²) in [5.41, 5.74) is -0.802. The van der Waals surface area contributed by atoms with E-state index in [0.717, 1.165) is 24.6 Å². The summed E-state index contributed by atoms with van der Waals surface area (Å²) in [6.07, 6.45) is 3.13. The third-order valence-electron chi connectivity index (χ3n) is 2.66. The quantitative estimate of drug-likeness (QED) is 0.443. The van der Waals surface area contributed by atoms with Gasteiger partial charge in [0.05, 0.1) is 18.6 Å². The van der Waals surface area contributed by atoms with Crippen molar-refractivity contribution in [3.05, 3.63) is 0 Å². The first-order valence-electron chi connectivity index (χ1n) is 5.29. The van der Waals surface area contributed by atoms with Crippen LogP contribution in [0.25, 0.3) is 0 Å². The number of aliphatic hydroxyl groups is 1. The summed E-state index contributed by atoms with van der Waals surface area (Å²) in [4.78, 5) is 11.4. The Morgan fingerprint density at radius 1 is 1.40 bits per heavy atom. The molecule has 0 rings (SSSR count). The predicted octanol–water partition coefficient (Wildman–Crippen LogP) is 2.50. The minimum Gasteiger partial charge on any atom is -0.469 e. The zero-order valence-electron chi connectivity index (χ0n) is 9.75. The van der Waals surface area contributed by atoms with Crippen LogP contribution >= 0.6 is 15.9 Å². The summed E-state index contributed by atoms with van der Waals surface area (Å²) >= 11 is 3.35. The van der Waals surface area contributed by atoms with Gasteiger partial charge in [-0.15, -0.1) is 0 Å². The fourth-order valence-electron chi connectivity index (χ4n) is 1.37. The van der Waals surface area contributed by atoms with Gasteiger partial charge in [0, 0.05) is 5.33 Å². The molecule has 0 aliphatic rings. The number of carbonyl (C=O) groups is 1. The highest BCUT2D eigenvalue weighted by molar-refractivity contribution is 9.09. The summed E-state index contributed by atoms with van der Waals surface area (Å²) in [5.74, 6) is -0.351. The molecule has 90 valence electrons.